The van der Waals surface area contributed by atoms with Gasteiger partial charge in [-0.3, -0.25) is 4.90 Å². The molecule has 1 N–H and O–H groups in total. The minimum Gasteiger partial charge on any atom is -0.325 e. The molecule has 1 radical (unpaired) electrons. The predicted octanol–water partition coefficient (Wildman–Crippen LogP) is 8.01. The molecule has 0 saturated carbocycles. The number of carbonyl (C=O) groups is 1. The molecule has 0 atom stereocenters. The fourth-order valence-electron chi connectivity index (χ4n) is 5.28. The standard InChI is InChI=1S/C31H35ClN3OS/c1-23-5-10-27(33-31(36)35-17-3-2-4-18-35)21-30(23)25-15-19-34(20-16-25)22-24-6-11-28(12-7-24)37-29-13-8-26(32)9-14-29/h2,5-14,21,25H,3-4,15-20,22H2,1H3,(H,33,36). The maximum absolute atomic E-state index is 12.7. The number of anilines is 1. The van der Waals surface area contributed by atoms with Crippen LogP contribution in [0.15, 0.2) is 76.5 Å². The summed E-state index contributed by atoms with van der Waals surface area (Å²) in [6.07, 6.45) is 6.52. The molecule has 0 spiro atoms. The van der Waals surface area contributed by atoms with E-state index < -0.39 is 0 Å². The maximum atomic E-state index is 12.7. The van der Waals surface area contributed by atoms with Gasteiger partial charge in [0, 0.05) is 40.1 Å². The van der Waals surface area contributed by atoms with Crippen LogP contribution in [-0.2, 0) is 6.54 Å². The number of carbonyl (C=O) groups excluding carboxylic acids is 1. The van der Waals surface area contributed by atoms with Gasteiger partial charge in [-0.25, -0.2) is 4.79 Å². The summed E-state index contributed by atoms with van der Waals surface area (Å²) in [5, 5.41) is 3.91. The number of likely N-dealkylation sites (tertiary alicyclic amines) is 2. The minimum absolute atomic E-state index is 0.0234. The van der Waals surface area contributed by atoms with Crippen molar-refractivity contribution in [1.29, 1.82) is 0 Å². The second-order valence-corrected chi connectivity index (χ2v) is 11.7. The molecule has 37 heavy (non-hydrogen) atoms. The number of aryl methyl sites for hydroxylation is 1. The smallest absolute Gasteiger partial charge is 0.321 e. The van der Waals surface area contributed by atoms with E-state index in [4.69, 9.17) is 11.6 Å². The lowest BCUT2D eigenvalue weighted by atomic mass is 9.86. The zero-order valence-corrected chi connectivity index (χ0v) is 23.0. The molecular weight excluding hydrogens is 498 g/mol. The van der Waals surface area contributed by atoms with Gasteiger partial charge in [0.25, 0.3) is 0 Å². The third-order valence-corrected chi connectivity index (χ3v) is 8.70. The summed E-state index contributed by atoms with van der Waals surface area (Å²) in [5.41, 5.74) is 4.97. The van der Waals surface area contributed by atoms with Crippen molar-refractivity contribution < 1.29 is 4.79 Å². The van der Waals surface area contributed by atoms with E-state index >= 15 is 0 Å². The summed E-state index contributed by atoms with van der Waals surface area (Å²) in [5.74, 6) is 0.538. The molecular formula is C31H35ClN3OS. The van der Waals surface area contributed by atoms with E-state index in [1.165, 1.54) is 26.5 Å². The van der Waals surface area contributed by atoms with Crippen LogP contribution < -0.4 is 5.32 Å². The molecule has 2 fully saturated rings. The van der Waals surface area contributed by atoms with Gasteiger partial charge in [0.2, 0.25) is 0 Å². The molecule has 0 unspecified atom stereocenters. The lowest BCUT2D eigenvalue weighted by molar-refractivity contribution is 0.204. The first kappa shape index (κ1) is 26.1. The summed E-state index contributed by atoms with van der Waals surface area (Å²) in [6.45, 7) is 6.98. The number of halogens is 1. The monoisotopic (exact) mass is 532 g/mol. The fraction of sp³-hybridized carbons (Fsp3) is 0.355. The highest BCUT2D eigenvalue weighted by atomic mass is 35.5. The van der Waals surface area contributed by atoms with Crippen LogP contribution in [0.2, 0.25) is 5.02 Å². The zero-order valence-electron chi connectivity index (χ0n) is 21.5. The van der Waals surface area contributed by atoms with Crippen LogP contribution in [0.5, 0.6) is 0 Å². The predicted molar refractivity (Wildman–Crippen MR) is 155 cm³/mol. The van der Waals surface area contributed by atoms with Gasteiger partial charge >= 0.3 is 6.03 Å². The molecule has 3 aromatic carbocycles. The Labute approximate surface area is 230 Å². The van der Waals surface area contributed by atoms with Crippen molar-refractivity contribution in [2.45, 2.75) is 54.9 Å². The van der Waals surface area contributed by atoms with Crippen LogP contribution >= 0.6 is 23.4 Å². The number of benzene rings is 3. The highest BCUT2D eigenvalue weighted by molar-refractivity contribution is 7.99. The molecule has 2 saturated heterocycles. The number of rotatable bonds is 6. The van der Waals surface area contributed by atoms with Gasteiger partial charge in [0.05, 0.1) is 0 Å². The second kappa shape index (κ2) is 12.4. The molecule has 0 aromatic heterocycles. The topological polar surface area (TPSA) is 35.6 Å². The molecule has 0 aliphatic carbocycles. The first-order valence-corrected chi connectivity index (χ1v) is 14.5. The van der Waals surface area contributed by atoms with Gasteiger partial charge in [0.1, 0.15) is 0 Å². The lowest BCUT2D eigenvalue weighted by Gasteiger charge is -2.33. The normalized spacial score (nSPS) is 17.1. The lowest BCUT2D eigenvalue weighted by Crippen LogP contribution is -2.38. The van der Waals surface area contributed by atoms with Crippen LogP contribution in [0, 0.1) is 13.3 Å². The van der Waals surface area contributed by atoms with E-state index in [1.807, 2.05) is 23.1 Å². The highest BCUT2D eigenvalue weighted by Gasteiger charge is 2.23. The minimum atomic E-state index is 0.0234. The quantitative estimate of drug-likeness (QED) is 0.349. The van der Waals surface area contributed by atoms with Gasteiger partial charge in [0.15, 0.2) is 0 Å². The van der Waals surface area contributed by atoms with E-state index in [0.29, 0.717) is 5.92 Å². The Hall–Kier alpha value is -2.47. The van der Waals surface area contributed by atoms with Crippen molar-refractivity contribution in [2.75, 3.05) is 31.5 Å². The van der Waals surface area contributed by atoms with Crippen LogP contribution in [0.25, 0.3) is 0 Å². The average molecular weight is 533 g/mol. The van der Waals surface area contributed by atoms with E-state index in [9.17, 15) is 4.79 Å². The zero-order chi connectivity index (χ0) is 25.6. The molecule has 2 heterocycles. The van der Waals surface area contributed by atoms with Crippen molar-refractivity contribution in [1.82, 2.24) is 9.80 Å². The first-order chi connectivity index (χ1) is 18.0. The number of hydrogen-bond donors (Lipinski definition) is 1. The molecule has 6 heteroatoms. The molecule has 2 aliphatic rings. The number of hydrogen-bond acceptors (Lipinski definition) is 3. The van der Waals surface area contributed by atoms with Gasteiger partial charge in [-0.05, 0) is 123 Å². The maximum Gasteiger partial charge on any atom is 0.321 e. The number of nitrogens with one attached hydrogen (secondary N) is 1. The first-order valence-electron chi connectivity index (χ1n) is 13.3. The van der Waals surface area contributed by atoms with Crippen LogP contribution in [0.3, 0.4) is 0 Å². The van der Waals surface area contributed by atoms with E-state index in [1.54, 1.807) is 11.8 Å². The third kappa shape index (κ3) is 7.10. The fourth-order valence-corrected chi connectivity index (χ4v) is 6.22. The Balaban J connectivity index is 1.13. The SMILES string of the molecule is Cc1ccc(NC(=O)N2CC[CH]CC2)cc1C1CCN(Cc2ccc(Sc3ccc(Cl)cc3)cc2)CC1. The Morgan fingerprint density at radius 3 is 2.24 bits per heavy atom. The summed E-state index contributed by atoms with van der Waals surface area (Å²) >= 11 is 7.76. The molecule has 3 aromatic rings. The Bertz CT molecular complexity index is 1180. The molecule has 5 rings (SSSR count). The van der Waals surface area contributed by atoms with Crippen molar-refractivity contribution in [3.8, 4) is 0 Å². The Morgan fingerprint density at radius 1 is 0.919 bits per heavy atom. The summed E-state index contributed by atoms with van der Waals surface area (Å²) in [7, 11) is 0. The number of amides is 2. The summed E-state index contributed by atoms with van der Waals surface area (Å²) in [6, 6.07) is 23.3. The summed E-state index contributed by atoms with van der Waals surface area (Å²) in [4.78, 5) is 19.6. The van der Waals surface area contributed by atoms with Gasteiger partial charge < -0.3 is 10.2 Å². The second-order valence-electron chi connectivity index (χ2n) is 10.1. The molecule has 4 nitrogen and oxygen atoms in total. The van der Waals surface area contributed by atoms with E-state index in [0.717, 1.165) is 69.1 Å². The Morgan fingerprint density at radius 2 is 1.57 bits per heavy atom. The average Bonchev–Trinajstić information content (AvgIpc) is 2.93. The van der Waals surface area contributed by atoms with Crippen molar-refractivity contribution in [3.63, 3.8) is 0 Å². The number of piperidine rings is 2. The van der Waals surface area contributed by atoms with Gasteiger partial charge in [-0.2, -0.15) is 0 Å². The van der Waals surface area contributed by atoms with Crippen LogP contribution in [0.4, 0.5) is 10.5 Å². The highest BCUT2D eigenvalue weighted by Crippen LogP contribution is 2.33. The van der Waals surface area contributed by atoms with Gasteiger partial charge in [-0.15, -0.1) is 0 Å². The molecule has 2 aliphatic heterocycles. The largest absolute Gasteiger partial charge is 0.325 e. The molecule has 193 valence electrons. The van der Waals surface area contributed by atoms with Crippen molar-refractivity contribution in [2.24, 2.45) is 0 Å². The molecule has 0 bridgehead atoms. The molecule has 2 amide bonds. The van der Waals surface area contributed by atoms with E-state index in [2.05, 4.69) is 72.1 Å². The van der Waals surface area contributed by atoms with Crippen LogP contribution in [0.1, 0.15) is 48.3 Å². The van der Waals surface area contributed by atoms with E-state index in [-0.39, 0.29) is 6.03 Å². The van der Waals surface area contributed by atoms with Crippen molar-refractivity contribution >= 4 is 35.1 Å². The summed E-state index contributed by atoms with van der Waals surface area (Å²) < 4.78 is 0. The number of urea groups is 1. The third-order valence-electron chi connectivity index (χ3n) is 7.43. The van der Waals surface area contributed by atoms with Crippen LogP contribution in [-0.4, -0.2) is 42.0 Å². The number of nitrogens with zero attached hydrogens (tertiary/aromatic N) is 2. The van der Waals surface area contributed by atoms with Gasteiger partial charge in [-0.1, -0.05) is 41.6 Å². The van der Waals surface area contributed by atoms with Crippen molar-refractivity contribution in [3.05, 3.63) is 94.9 Å². The Kier molecular flexibility index (Phi) is 8.75.